The quantitative estimate of drug-likeness (QED) is 0.666. The van der Waals surface area contributed by atoms with Crippen LogP contribution in [0, 0.1) is 11.3 Å². The number of carbonyl (C=O) groups excluding carboxylic acids is 1. The Bertz CT molecular complexity index is 917. The maximum absolute atomic E-state index is 12.2. The van der Waals surface area contributed by atoms with Crippen molar-refractivity contribution in [2.45, 2.75) is 11.7 Å². The van der Waals surface area contributed by atoms with Gasteiger partial charge in [0.2, 0.25) is 5.91 Å². The average Bonchev–Trinajstić information content (AvgIpc) is 3.26. The third-order valence-corrected chi connectivity index (χ3v) is 4.41. The summed E-state index contributed by atoms with van der Waals surface area (Å²) >= 11 is 7.15. The van der Waals surface area contributed by atoms with Crippen LogP contribution in [0.4, 0.5) is 5.69 Å². The number of anilines is 1. The molecule has 9 heteroatoms. The fourth-order valence-electron chi connectivity index (χ4n) is 2.07. The Labute approximate surface area is 152 Å². The Kier molecular flexibility index (Phi) is 5.38. The smallest absolute Gasteiger partial charge is 0.234 e. The van der Waals surface area contributed by atoms with Gasteiger partial charge in [0.05, 0.1) is 29.8 Å². The molecule has 2 heterocycles. The Morgan fingerprint density at radius 3 is 3.08 bits per heavy atom. The van der Waals surface area contributed by atoms with Crippen molar-refractivity contribution in [1.82, 2.24) is 14.8 Å². The zero-order valence-corrected chi connectivity index (χ0v) is 14.4. The van der Waals surface area contributed by atoms with E-state index in [-0.39, 0.29) is 11.7 Å². The number of aromatic nitrogens is 3. The fraction of sp³-hybridized carbons (Fsp3) is 0.125. The number of furan rings is 1. The maximum Gasteiger partial charge on any atom is 0.234 e. The monoisotopic (exact) mass is 373 g/mol. The average molecular weight is 374 g/mol. The Morgan fingerprint density at radius 2 is 2.32 bits per heavy atom. The molecule has 0 atom stereocenters. The van der Waals surface area contributed by atoms with Crippen molar-refractivity contribution in [2.75, 3.05) is 11.1 Å². The van der Waals surface area contributed by atoms with Crippen LogP contribution >= 0.6 is 23.4 Å². The van der Waals surface area contributed by atoms with Crippen molar-refractivity contribution >= 4 is 35.0 Å². The number of rotatable bonds is 6. The highest BCUT2D eigenvalue weighted by Gasteiger charge is 2.12. The van der Waals surface area contributed by atoms with Crippen LogP contribution in [0.2, 0.25) is 5.02 Å². The van der Waals surface area contributed by atoms with Crippen LogP contribution in [0.25, 0.3) is 0 Å². The number of nitrogens with zero attached hydrogens (tertiary/aromatic N) is 4. The highest BCUT2D eigenvalue weighted by molar-refractivity contribution is 7.99. The van der Waals surface area contributed by atoms with Gasteiger partial charge >= 0.3 is 0 Å². The van der Waals surface area contributed by atoms with E-state index in [2.05, 4.69) is 15.5 Å². The van der Waals surface area contributed by atoms with Crippen molar-refractivity contribution < 1.29 is 9.21 Å². The van der Waals surface area contributed by atoms with E-state index in [4.69, 9.17) is 21.3 Å². The normalized spacial score (nSPS) is 10.4. The predicted molar refractivity (Wildman–Crippen MR) is 93.4 cm³/mol. The Hall–Kier alpha value is -2.76. The molecule has 0 saturated carbocycles. The van der Waals surface area contributed by atoms with E-state index in [1.54, 1.807) is 41.4 Å². The lowest BCUT2D eigenvalue weighted by Crippen LogP contribution is -2.15. The second-order valence-corrected chi connectivity index (χ2v) is 6.34. The van der Waals surface area contributed by atoms with Crippen LogP contribution in [0.1, 0.15) is 11.3 Å². The zero-order chi connectivity index (χ0) is 17.6. The molecule has 0 aliphatic carbocycles. The van der Waals surface area contributed by atoms with Gasteiger partial charge in [0.1, 0.15) is 18.2 Å². The summed E-state index contributed by atoms with van der Waals surface area (Å²) in [5, 5.41) is 20.7. The van der Waals surface area contributed by atoms with Gasteiger partial charge in [-0.05, 0) is 30.3 Å². The molecule has 0 fully saturated rings. The minimum absolute atomic E-state index is 0.119. The van der Waals surface area contributed by atoms with Gasteiger partial charge in [0.25, 0.3) is 0 Å². The molecule has 0 spiro atoms. The van der Waals surface area contributed by atoms with E-state index < -0.39 is 0 Å². The number of thioether (sulfide) groups is 1. The molecular weight excluding hydrogens is 362 g/mol. The number of amides is 1. The van der Waals surface area contributed by atoms with E-state index in [0.717, 1.165) is 5.76 Å². The van der Waals surface area contributed by atoms with Crippen molar-refractivity contribution in [3.05, 3.63) is 59.3 Å². The first-order valence-electron chi connectivity index (χ1n) is 7.18. The Balaban J connectivity index is 1.61. The summed E-state index contributed by atoms with van der Waals surface area (Å²) in [5.74, 6) is 0.619. The van der Waals surface area contributed by atoms with E-state index in [9.17, 15) is 4.79 Å². The number of nitriles is 1. The van der Waals surface area contributed by atoms with E-state index >= 15 is 0 Å². The van der Waals surface area contributed by atoms with E-state index in [1.165, 1.54) is 11.8 Å². The number of hydrogen-bond acceptors (Lipinski definition) is 6. The Morgan fingerprint density at radius 1 is 1.44 bits per heavy atom. The van der Waals surface area contributed by atoms with Crippen molar-refractivity contribution in [3.8, 4) is 6.07 Å². The van der Waals surface area contributed by atoms with Gasteiger partial charge in [-0.2, -0.15) is 5.26 Å². The molecule has 1 amide bonds. The third kappa shape index (κ3) is 4.41. The highest BCUT2D eigenvalue weighted by Crippen LogP contribution is 2.22. The molecule has 0 radical (unpaired) electrons. The molecule has 0 aliphatic rings. The van der Waals surface area contributed by atoms with E-state index in [1.807, 2.05) is 12.1 Å². The van der Waals surface area contributed by atoms with Gasteiger partial charge in [-0.3, -0.25) is 4.79 Å². The lowest BCUT2D eigenvalue weighted by atomic mass is 10.2. The predicted octanol–water partition coefficient (Wildman–Crippen LogP) is 3.18. The minimum atomic E-state index is -0.267. The standard InChI is InChI=1S/C16H12ClN5O2S/c17-12-4-3-11(7-18)14(6-12)20-15(23)9-25-16-21-19-10-22(16)8-13-2-1-5-24-13/h1-6,10H,8-9H2,(H,20,23). The van der Waals surface area contributed by atoms with Crippen LogP contribution in [-0.2, 0) is 11.3 Å². The second kappa shape index (κ2) is 7.88. The van der Waals surface area contributed by atoms with Gasteiger partial charge < -0.3 is 14.3 Å². The second-order valence-electron chi connectivity index (χ2n) is 4.96. The highest BCUT2D eigenvalue weighted by atomic mass is 35.5. The molecular formula is C16H12ClN5O2S. The number of halogens is 1. The molecule has 0 unspecified atom stereocenters. The van der Waals surface area contributed by atoms with Crippen molar-refractivity contribution in [1.29, 1.82) is 5.26 Å². The van der Waals surface area contributed by atoms with Gasteiger partial charge in [-0.25, -0.2) is 0 Å². The number of carbonyl (C=O) groups is 1. The lowest BCUT2D eigenvalue weighted by Gasteiger charge is -2.08. The van der Waals surface area contributed by atoms with Crippen molar-refractivity contribution in [3.63, 3.8) is 0 Å². The summed E-state index contributed by atoms with van der Waals surface area (Å²) in [4.78, 5) is 12.2. The molecule has 126 valence electrons. The lowest BCUT2D eigenvalue weighted by molar-refractivity contribution is -0.113. The number of hydrogen-bond donors (Lipinski definition) is 1. The van der Waals surface area contributed by atoms with Crippen LogP contribution in [0.3, 0.4) is 0 Å². The van der Waals surface area contributed by atoms with Gasteiger partial charge in [0, 0.05) is 5.02 Å². The molecule has 25 heavy (non-hydrogen) atoms. The molecule has 1 N–H and O–H groups in total. The molecule has 0 aliphatic heterocycles. The first-order valence-corrected chi connectivity index (χ1v) is 8.54. The topological polar surface area (TPSA) is 96.7 Å². The first kappa shape index (κ1) is 17.1. The van der Waals surface area contributed by atoms with E-state index in [0.29, 0.717) is 28.0 Å². The fourth-order valence-corrected chi connectivity index (χ4v) is 2.96. The van der Waals surface area contributed by atoms with Gasteiger partial charge in [-0.15, -0.1) is 10.2 Å². The van der Waals surface area contributed by atoms with Gasteiger partial charge in [-0.1, -0.05) is 23.4 Å². The van der Waals surface area contributed by atoms with Crippen LogP contribution in [0.15, 0.2) is 52.5 Å². The zero-order valence-electron chi connectivity index (χ0n) is 12.8. The molecule has 0 saturated heterocycles. The summed E-state index contributed by atoms with van der Waals surface area (Å²) < 4.78 is 7.08. The SMILES string of the molecule is N#Cc1ccc(Cl)cc1NC(=O)CSc1nncn1Cc1ccco1. The third-order valence-electron chi connectivity index (χ3n) is 3.19. The maximum atomic E-state index is 12.2. The number of nitrogens with one attached hydrogen (secondary N) is 1. The molecule has 2 aromatic heterocycles. The summed E-state index contributed by atoms with van der Waals surface area (Å²) in [6.45, 7) is 0.483. The summed E-state index contributed by atoms with van der Waals surface area (Å²) in [5.41, 5.74) is 0.737. The number of benzene rings is 1. The first-order chi connectivity index (χ1) is 12.2. The van der Waals surface area contributed by atoms with Gasteiger partial charge in [0.15, 0.2) is 5.16 Å². The summed E-state index contributed by atoms with van der Waals surface area (Å²) in [6, 6.07) is 10.4. The minimum Gasteiger partial charge on any atom is -0.467 e. The molecule has 7 nitrogen and oxygen atoms in total. The molecule has 3 rings (SSSR count). The largest absolute Gasteiger partial charge is 0.467 e. The van der Waals surface area contributed by atoms with Crippen LogP contribution in [-0.4, -0.2) is 26.4 Å². The summed E-state index contributed by atoms with van der Waals surface area (Å²) in [7, 11) is 0. The summed E-state index contributed by atoms with van der Waals surface area (Å²) in [6.07, 6.45) is 3.17. The molecule has 0 bridgehead atoms. The van der Waals surface area contributed by atoms with Crippen LogP contribution in [0.5, 0.6) is 0 Å². The van der Waals surface area contributed by atoms with Crippen molar-refractivity contribution in [2.24, 2.45) is 0 Å². The van der Waals surface area contributed by atoms with Crippen LogP contribution < -0.4 is 5.32 Å². The molecule has 3 aromatic rings. The molecule has 1 aromatic carbocycles.